The van der Waals surface area contributed by atoms with Gasteiger partial charge >= 0.3 is 0 Å². The molecule has 1 nitrogen and oxygen atoms in total. The maximum absolute atomic E-state index is 13.6. The molecular formula is C14H12ClF2N. The second kappa shape index (κ2) is 5.36. The lowest BCUT2D eigenvalue weighted by atomic mass is 10.1. The van der Waals surface area contributed by atoms with Crippen LogP contribution in [0.25, 0.3) is 0 Å². The number of benzene rings is 2. The van der Waals surface area contributed by atoms with Crippen LogP contribution in [0.2, 0.25) is 5.02 Å². The zero-order valence-electron chi connectivity index (χ0n) is 9.75. The van der Waals surface area contributed by atoms with Crippen LogP contribution in [0.5, 0.6) is 0 Å². The first-order chi connectivity index (χ1) is 8.58. The molecule has 0 amide bonds. The van der Waals surface area contributed by atoms with Gasteiger partial charge in [0.05, 0.1) is 11.7 Å². The Morgan fingerprint density at radius 1 is 1.06 bits per heavy atom. The van der Waals surface area contributed by atoms with Gasteiger partial charge in [0.1, 0.15) is 11.6 Å². The van der Waals surface area contributed by atoms with Gasteiger partial charge in [-0.25, -0.2) is 8.78 Å². The van der Waals surface area contributed by atoms with Crippen LogP contribution in [0.3, 0.4) is 0 Å². The van der Waals surface area contributed by atoms with Gasteiger partial charge in [0.25, 0.3) is 0 Å². The van der Waals surface area contributed by atoms with E-state index in [9.17, 15) is 8.78 Å². The van der Waals surface area contributed by atoms with Gasteiger partial charge in [-0.3, -0.25) is 0 Å². The van der Waals surface area contributed by atoms with Crippen LogP contribution >= 0.6 is 11.6 Å². The first-order valence-corrected chi connectivity index (χ1v) is 5.91. The molecule has 0 saturated carbocycles. The number of nitrogens with one attached hydrogen (secondary N) is 1. The lowest BCUT2D eigenvalue weighted by molar-refractivity contribution is 0.596. The molecule has 2 aromatic rings. The molecule has 1 atom stereocenters. The lowest BCUT2D eigenvalue weighted by Crippen LogP contribution is -2.09. The van der Waals surface area contributed by atoms with Crippen molar-refractivity contribution in [1.82, 2.24) is 0 Å². The maximum atomic E-state index is 13.6. The van der Waals surface area contributed by atoms with E-state index in [2.05, 4.69) is 5.32 Å². The van der Waals surface area contributed by atoms with Crippen LogP contribution in [0, 0.1) is 11.6 Å². The summed E-state index contributed by atoms with van der Waals surface area (Å²) in [4.78, 5) is 0. The Balaban J connectivity index is 2.21. The fourth-order valence-electron chi connectivity index (χ4n) is 1.74. The van der Waals surface area contributed by atoms with Crippen LogP contribution < -0.4 is 5.32 Å². The topological polar surface area (TPSA) is 12.0 Å². The summed E-state index contributed by atoms with van der Waals surface area (Å²) in [5, 5.41) is 3.25. The highest BCUT2D eigenvalue weighted by Crippen LogP contribution is 2.25. The summed E-state index contributed by atoms with van der Waals surface area (Å²) in [7, 11) is 0. The number of hydrogen-bond donors (Lipinski definition) is 1. The molecule has 0 aliphatic carbocycles. The van der Waals surface area contributed by atoms with Gasteiger partial charge in [0.2, 0.25) is 0 Å². The highest BCUT2D eigenvalue weighted by atomic mass is 35.5. The SMILES string of the molecule is CC(Nc1ccc(Cl)cc1F)c1ccccc1F. The molecule has 2 aromatic carbocycles. The van der Waals surface area contributed by atoms with Crippen molar-refractivity contribution < 1.29 is 8.78 Å². The summed E-state index contributed by atoms with van der Waals surface area (Å²) in [5.74, 6) is -0.766. The van der Waals surface area contributed by atoms with E-state index in [0.717, 1.165) is 0 Å². The van der Waals surface area contributed by atoms with E-state index < -0.39 is 5.82 Å². The van der Waals surface area contributed by atoms with Crippen molar-refractivity contribution in [3.05, 3.63) is 64.7 Å². The predicted molar refractivity (Wildman–Crippen MR) is 69.8 cm³/mol. The molecule has 0 saturated heterocycles. The Morgan fingerprint density at radius 3 is 2.44 bits per heavy atom. The molecule has 0 radical (unpaired) electrons. The number of anilines is 1. The van der Waals surface area contributed by atoms with E-state index in [0.29, 0.717) is 16.3 Å². The minimum absolute atomic E-state index is 0.301. The number of halogens is 3. The first-order valence-electron chi connectivity index (χ1n) is 5.54. The average Bonchev–Trinajstić information content (AvgIpc) is 2.33. The molecule has 0 spiro atoms. The Bertz CT molecular complexity index is 557. The van der Waals surface area contributed by atoms with E-state index in [-0.39, 0.29) is 11.9 Å². The Hall–Kier alpha value is -1.61. The fraction of sp³-hybridized carbons (Fsp3) is 0.143. The van der Waals surface area contributed by atoms with Gasteiger partial charge in [0.15, 0.2) is 0 Å². The van der Waals surface area contributed by atoms with E-state index in [1.54, 1.807) is 31.2 Å². The third kappa shape index (κ3) is 2.79. The molecule has 4 heteroatoms. The smallest absolute Gasteiger partial charge is 0.147 e. The van der Waals surface area contributed by atoms with Gasteiger partial charge < -0.3 is 5.32 Å². The summed E-state index contributed by atoms with van der Waals surface area (Å²) >= 11 is 5.67. The van der Waals surface area contributed by atoms with E-state index >= 15 is 0 Å². The zero-order chi connectivity index (χ0) is 13.1. The van der Waals surface area contributed by atoms with Crippen molar-refractivity contribution in [2.75, 3.05) is 5.32 Å². The van der Waals surface area contributed by atoms with Crippen molar-refractivity contribution in [2.45, 2.75) is 13.0 Å². The largest absolute Gasteiger partial charge is 0.376 e. The van der Waals surface area contributed by atoms with Gasteiger partial charge in [-0.05, 0) is 31.2 Å². The summed E-state index contributed by atoms with van der Waals surface area (Å²) < 4.78 is 27.1. The van der Waals surface area contributed by atoms with Crippen LogP contribution in [0.4, 0.5) is 14.5 Å². The molecule has 0 aromatic heterocycles. The molecular weight excluding hydrogens is 256 g/mol. The lowest BCUT2D eigenvalue weighted by Gasteiger charge is -2.16. The van der Waals surface area contributed by atoms with E-state index in [1.165, 1.54) is 18.2 Å². The molecule has 94 valence electrons. The minimum atomic E-state index is -0.453. The molecule has 2 rings (SSSR count). The quantitative estimate of drug-likeness (QED) is 0.843. The molecule has 0 aliphatic rings. The monoisotopic (exact) mass is 267 g/mol. The van der Waals surface area contributed by atoms with Crippen LogP contribution in [-0.4, -0.2) is 0 Å². The van der Waals surface area contributed by atoms with Crippen LogP contribution in [-0.2, 0) is 0 Å². The Labute approximate surface area is 109 Å². The van der Waals surface area contributed by atoms with Crippen LogP contribution in [0.15, 0.2) is 42.5 Å². The molecule has 1 N–H and O–H groups in total. The van der Waals surface area contributed by atoms with E-state index in [4.69, 9.17) is 11.6 Å². The first kappa shape index (κ1) is 12.8. The van der Waals surface area contributed by atoms with Crippen molar-refractivity contribution >= 4 is 17.3 Å². The summed E-state index contributed by atoms with van der Waals surface area (Å²) in [6.45, 7) is 1.77. The molecule has 0 aliphatic heterocycles. The summed E-state index contributed by atoms with van der Waals surface area (Å²) in [6.07, 6.45) is 0. The van der Waals surface area contributed by atoms with Gasteiger partial charge in [-0.15, -0.1) is 0 Å². The second-order valence-corrected chi connectivity index (χ2v) is 4.45. The summed E-state index contributed by atoms with van der Waals surface area (Å²) in [5.41, 5.74) is 0.794. The third-order valence-electron chi connectivity index (χ3n) is 2.67. The number of hydrogen-bond acceptors (Lipinski definition) is 1. The minimum Gasteiger partial charge on any atom is -0.376 e. The summed E-state index contributed by atoms with van der Waals surface area (Å²) in [6, 6.07) is 10.4. The average molecular weight is 268 g/mol. The Kier molecular flexibility index (Phi) is 3.82. The molecule has 18 heavy (non-hydrogen) atoms. The van der Waals surface area contributed by atoms with Crippen molar-refractivity contribution in [3.8, 4) is 0 Å². The van der Waals surface area contributed by atoms with Gasteiger partial charge in [-0.1, -0.05) is 29.8 Å². The zero-order valence-corrected chi connectivity index (χ0v) is 10.5. The molecule has 1 unspecified atom stereocenters. The maximum Gasteiger partial charge on any atom is 0.147 e. The third-order valence-corrected chi connectivity index (χ3v) is 2.91. The van der Waals surface area contributed by atoms with Crippen molar-refractivity contribution in [2.24, 2.45) is 0 Å². The van der Waals surface area contributed by atoms with Gasteiger partial charge in [-0.2, -0.15) is 0 Å². The highest BCUT2D eigenvalue weighted by molar-refractivity contribution is 6.30. The van der Waals surface area contributed by atoms with E-state index in [1.807, 2.05) is 0 Å². The van der Waals surface area contributed by atoms with Crippen molar-refractivity contribution in [1.29, 1.82) is 0 Å². The standard InChI is InChI=1S/C14H12ClF2N/c1-9(11-4-2-3-5-12(11)16)18-14-7-6-10(15)8-13(14)17/h2-9,18H,1H3. The normalized spacial score (nSPS) is 12.2. The Morgan fingerprint density at radius 2 is 1.78 bits per heavy atom. The molecule has 0 fully saturated rings. The van der Waals surface area contributed by atoms with Crippen LogP contribution in [0.1, 0.15) is 18.5 Å². The second-order valence-electron chi connectivity index (χ2n) is 4.01. The van der Waals surface area contributed by atoms with Crippen molar-refractivity contribution in [3.63, 3.8) is 0 Å². The van der Waals surface area contributed by atoms with Gasteiger partial charge in [0, 0.05) is 10.6 Å². The fourth-order valence-corrected chi connectivity index (χ4v) is 1.90. The predicted octanol–water partition coefficient (Wildman–Crippen LogP) is 4.79. The number of rotatable bonds is 3. The highest BCUT2D eigenvalue weighted by Gasteiger charge is 2.12. The molecule has 0 bridgehead atoms. The molecule has 0 heterocycles.